The lowest BCUT2D eigenvalue weighted by molar-refractivity contribution is -0.134. The lowest BCUT2D eigenvalue weighted by Gasteiger charge is -2.31. The summed E-state index contributed by atoms with van der Waals surface area (Å²) in [5.74, 6) is -0.201. The smallest absolute Gasteiger partial charge is 0.260 e. The van der Waals surface area contributed by atoms with Crippen LogP contribution in [-0.2, 0) is 4.79 Å². The van der Waals surface area contributed by atoms with Crippen LogP contribution < -0.4 is 10.1 Å². The van der Waals surface area contributed by atoms with Crippen LogP contribution in [0.1, 0.15) is 6.92 Å². The van der Waals surface area contributed by atoms with E-state index in [1.807, 2.05) is 6.92 Å². The minimum atomic E-state index is -0.431. The Hall–Kier alpha value is -1.33. The van der Waals surface area contributed by atoms with E-state index in [-0.39, 0.29) is 23.6 Å². The molecule has 1 aromatic carbocycles. The van der Waals surface area contributed by atoms with Gasteiger partial charge in [-0.15, -0.1) is 0 Å². The molecular formula is C13H16ClFN2O2. The zero-order valence-electron chi connectivity index (χ0n) is 10.7. The van der Waals surface area contributed by atoms with Crippen LogP contribution in [0.2, 0.25) is 5.02 Å². The Morgan fingerprint density at radius 3 is 3.11 bits per heavy atom. The lowest BCUT2D eigenvalue weighted by atomic mass is 10.2. The van der Waals surface area contributed by atoms with Crippen LogP contribution >= 0.6 is 11.6 Å². The van der Waals surface area contributed by atoms with Gasteiger partial charge in [0.1, 0.15) is 11.6 Å². The summed E-state index contributed by atoms with van der Waals surface area (Å²) in [5.41, 5.74) is 0. The molecule has 1 amide bonds. The fourth-order valence-corrected chi connectivity index (χ4v) is 2.20. The minimum absolute atomic E-state index is 0.0852. The predicted octanol–water partition coefficient (Wildman–Crippen LogP) is 1.68. The average molecular weight is 287 g/mol. The highest BCUT2D eigenvalue weighted by atomic mass is 35.5. The van der Waals surface area contributed by atoms with Crippen LogP contribution in [0, 0.1) is 5.82 Å². The fraction of sp³-hybridized carbons (Fsp3) is 0.462. The van der Waals surface area contributed by atoms with Crippen molar-refractivity contribution in [2.75, 3.05) is 26.2 Å². The molecule has 0 radical (unpaired) electrons. The standard InChI is InChI=1S/C13H16ClFN2O2/c1-9-7-17(5-4-16-9)13(18)8-19-12-3-2-10(15)6-11(12)14/h2-3,6,9,16H,4-5,7-8H2,1H3. The quantitative estimate of drug-likeness (QED) is 0.919. The van der Waals surface area contributed by atoms with Crippen LogP contribution in [0.25, 0.3) is 0 Å². The van der Waals surface area contributed by atoms with Crippen molar-refractivity contribution in [2.45, 2.75) is 13.0 Å². The molecule has 1 N–H and O–H groups in total. The zero-order chi connectivity index (χ0) is 13.8. The fourth-order valence-electron chi connectivity index (χ4n) is 1.98. The van der Waals surface area contributed by atoms with Crippen LogP contribution in [0.3, 0.4) is 0 Å². The van der Waals surface area contributed by atoms with E-state index in [1.165, 1.54) is 12.1 Å². The summed E-state index contributed by atoms with van der Waals surface area (Å²) in [7, 11) is 0. The van der Waals surface area contributed by atoms with Gasteiger partial charge in [-0.25, -0.2) is 4.39 Å². The van der Waals surface area contributed by atoms with E-state index in [1.54, 1.807) is 4.90 Å². The van der Waals surface area contributed by atoms with E-state index >= 15 is 0 Å². The van der Waals surface area contributed by atoms with E-state index < -0.39 is 5.82 Å². The highest BCUT2D eigenvalue weighted by Gasteiger charge is 2.20. The van der Waals surface area contributed by atoms with Crippen molar-refractivity contribution in [2.24, 2.45) is 0 Å². The molecule has 4 nitrogen and oxygen atoms in total. The van der Waals surface area contributed by atoms with Crippen molar-refractivity contribution < 1.29 is 13.9 Å². The molecular weight excluding hydrogens is 271 g/mol. The van der Waals surface area contributed by atoms with Gasteiger partial charge >= 0.3 is 0 Å². The van der Waals surface area contributed by atoms with Crippen molar-refractivity contribution in [3.05, 3.63) is 29.0 Å². The molecule has 1 aliphatic heterocycles. The first-order valence-corrected chi connectivity index (χ1v) is 6.53. The average Bonchev–Trinajstić information content (AvgIpc) is 2.37. The molecule has 0 spiro atoms. The van der Waals surface area contributed by atoms with Crippen molar-refractivity contribution in [3.8, 4) is 5.75 Å². The van der Waals surface area contributed by atoms with Crippen LogP contribution in [-0.4, -0.2) is 43.1 Å². The lowest BCUT2D eigenvalue weighted by Crippen LogP contribution is -2.52. The molecule has 0 aromatic heterocycles. The largest absolute Gasteiger partial charge is 0.482 e. The molecule has 19 heavy (non-hydrogen) atoms. The SMILES string of the molecule is CC1CN(C(=O)COc2ccc(F)cc2Cl)CCN1. The molecule has 0 bridgehead atoms. The maximum absolute atomic E-state index is 12.9. The molecule has 1 atom stereocenters. The number of piperazine rings is 1. The Morgan fingerprint density at radius 2 is 2.42 bits per heavy atom. The summed E-state index contributed by atoms with van der Waals surface area (Å²) in [6, 6.07) is 4.12. The summed E-state index contributed by atoms with van der Waals surface area (Å²) < 4.78 is 18.2. The maximum Gasteiger partial charge on any atom is 0.260 e. The van der Waals surface area contributed by atoms with Gasteiger partial charge in [0.15, 0.2) is 6.61 Å². The van der Waals surface area contributed by atoms with Gasteiger partial charge in [0.05, 0.1) is 5.02 Å². The van der Waals surface area contributed by atoms with Crippen LogP contribution in [0.4, 0.5) is 4.39 Å². The predicted molar refractivity (Wildman–Crippen MR) is 70.9 cm³/mol. The number of amides is 1. The van der Waals surface area contributed by atoms with E-state index in [0.29, 0.717) is 18.8 Å². The first kappa shape index (κ1) is 14.1. The molecule has 1 saturated heterocycles. The number of nitrogens with one attached hydrogen (secondary N) is 1. The number of hydrogen-bond donors (Lipinski definition) is 1. The molecule has 104 valence electrons. The van der Waals surface area contributed by atoms with Gasteiger partial charge in [0.25, 0.3) is 5.91 Å². The van der Waals surface area contributed by atoms with Gasteiger partial charge in [-0.05, 0) is 25.1 Å². The zero-order valence-corrected chi connectivity index (χ0v) is 11.4. The first-order valence-electron chi connectivity index (χ1n) is 6.15. The third-order valence-electron chi connectivity index (χ3n) is 2.97. The Bertz CT molecular complexity index is 470. The van der Waals surface area contributed by atoms with Crippen LogP contribution in [0.5, 0.6) is 5.75 Å². The minimum Gasteiger partial charge on any atom is -0.482 e. The molecule has 1 unspecified atom stereocenters. The van der Waals surface area contributed by atoms with E-state index in [4.69, 9.17) is 16.3 Å². The number of halogens is 2. The third kappa shape index (κ3) is 3.81. The Kier molecular flexibility index (Phi) is 4.61. The maximum atomic E-state index is 12.9. The summed E-state index contributed by atoms with van der Waals surface area (Å²) in [5, 5.41) is 3.43. The van der Waals surface area contributed by atoms with Gasteiger partial charge in [-0.3, -0.25) is 4.79 Å². The number of benzene rings is 1. The van der Waals surface area contributed by atoms with Crippen molar-refractivity contribution in [3.63, 3.8) is 0 Å². The molecule has 1 aromatic rings. The molecule has 1 heterocycles. The number of rotatable bonds is 3. The molecule has 0 aliphatic carbocycles. The van der Waals surface area contributed by atoms with Gasteiger partial charge in [0.2, 0.25) is 0 Å². The van der Waals surface area contributed by atoms with Crippen molar-refractivity contribution in [1.82, 2.24) is 10.2 Å². The first-order chi connectivity index (χ1) is 9.06. The summed E-state index contributed by atoms with van der Waals surface area (Å²) >= 11 is 5.82. The normalized spacial score (nSPS) is 19.3. The monoisotopic (exact) mass is 286 g/mol. The summed E-state index contributed by atoms with van der Waals surface area (Å²) in [6.45, 7) is 4.06. The Labute approximate surface area is 116 Å². The highest BCUT2D eigenvalue weighted by Crippen LogP contribution is 2.24. The number of nitrogens with zero attached hydrogens (tertiary/aromatic N) is 1. The second kappa shape index (κ2) is 6.21. The second-order valence-corrected chi connectivity index (χ2v) is 4.97. The van der Waals surface area contributed by atoms with Crippen molar-refractivity contribution in [1.29, 1.82) is 0 Å². The second-order valence-electron chi connectivity index (χ2n) is 4.56. The Balaban J connectivity index is 1.89. The van der Waals surface area contributed by atoms with E-state index in [0.717, 1.165) is 12.6 Å². The topological polar surface area (TPSA) is 41.6 Å². The van der Waals surface area contributed by atoms with Gasteiger partial charge in [-0.1, -0.05) is 11.6 Å². The number of ether oxygens (including phenoxy) is 1. The molecule has 6 heteroatoms. The van der Waals surface area contributed by atoms with Gasteiger partial charge in [-0.2, -0.15) is 0 Å². The number of hydrogen-bond acceptors (Lipinski definition) is 3. The van der Waals surface area contributed by atoms with E-state index in [9.17, 15) is 9.18 Å². The highest BCUT2D eigenvalue weighted by molar-refractivity contribution is 6.32. The summed E-state index contributed by atoms with van der Waals surface area (Å²) in [4.78, 5) is 13.7. The molecule has 0 saturated carbocycles. The number of carbonyl (C=O) groups is 1. The Morgan fingerprint density at radius 1 is 1.63 bits per heavy atom. The number of carbonyl (C=O) groups excluding carboxylic acids is 1. The third-order valence-corrected chi connectivity index (χ3v) is 3.26. The molecule has 1 fully saturated rings. The van der Waals surface area contributed by atoms with Crippen LogP contribution in [0.15, 0.2) is 18.2 Å². The van der Waals surface area contributed by atoms with Gasteiger partial charge in [0, 0.05) is 25.7 Å². The van der Waals surface area contributed by atoms with Gasteiger partial charge < -0.3 is 15.0 Å². The van der Waals surface area contributed by atoms with E-state index in [2.05, 4.69) is 5.32 Å². The molecule has 2 rings (SSSR count). The summed E-state index contributed by atoms with van der Waals surface area (Å²) in [6.07, 6.45) is 0. The van der Waals surface area contributed by atoms with Crippen molar-refractivity contribution >= 4 is 17.5 Å². The molecule has 1 aliphatic rings.